The molecular formula is C13H19BrFNOS. The minimum Gasteiger partial charge on any atom is -0.388 e. The predicted molar refractivity (Wildman–Crippen MR) is 79.5 cm³/mol. The molecule has 102 valence electrons. The smallest absolute Gasteiger partial charge is 0.128 e. The normalized spacial score (nSPS) is 16.3. The summed E-state index contributed by atoms with van der Waals surface area (Å²) in [6, 6.07) is 4.74. The van der Waals surface area contributed by atoms with Crippen LogP contribution in [-0.2, 0) is 0 Å². The van der Waals surface area contributed by atoms with Crippen LogP contribution in [0, 0.1) is 5.82 Å². The summed E-state index contributed by atoms with van der Waals surface area (Å²) in [6.07, 6.45) is 1.95. The minimum absolute atomic E-state index is 0.143. The van der Waals surface area contributed by atoms with Crippen molar-refractivity contribution in [1.82, 2.24) is 5.32 Å². The molecule has 1 aromatic carbocycles. The summed E-state index contributed by atoms with van der Waals surface area (Å²) < 4.78 is 14.5. The Bertz CT molecular complexity index is 401. The van der Waals surface area contributed by atoms with E-state index in [9.17, 15) is 9.50 Å². The van der Waals surface area contributed by atoms with Gasteiger partial charge in [0.2, 0.25) is 0 Å². The molecule has 0 aromatic heterocycles. The molecular weight excluding hydrogens is 317 g/mol. The summed E-state index contributed by atoms with van der Waals surface area (Å²) in [5.41, 5.74) is -0.180. The quantitative estimate of drug-likeness (QED) is 0.836. The molecule has 0 heterocycles. The molecule has 1 aromatic rings. The van der Waals surface area contributed by atoms with Gasteiger partial charge in [-0.15, -0.1) is 0 Å². The summed E-state index contributed by atoms with van der Waals surface area (Å²) in [5, 5.41) is 13.2. The lowest BCUT2D eigenvalue weighted by atomic mass is 10.1. The van der Waals surface area contributed by atoms with E-state index >= 15 is 0 Å². The maximum absolute atomic E-state index is 13.7. The van der Waals surface area contributed by atoms with Gasteiger partial charge in [0, 0.05) is 28.4 Å². The lowest BCUT2D eigenvalue weighted by molar-refractivity contribution is 0.0819. The van der Waals surface area contributed by atoms with Crippen LogP contribution in [0.2, 0.25) is 0 Å². The Morgan fingerprint density at radius 3 is 2.83 bits per heavy atom. The fraction of sp³-hybridized carbons (Fsp3) is 0.538. The molecule has 2 N–H and O–H groups in total. The van der Waals surface area contributed by atoms with Crippen LogP contribution in [0.5, 0.6) is 0 Å². The largest absolute Gasteiger partial charge is 0.388 e. The maximum atomic E-state index is 13.7. The molecule has 2 nitrogen and oxygen atoms in total. The summed E-state index contributed by atoms with van der Waals surface area (Å²) >= 11 is 4.92. The average molecular weight is 336 g/mol. The molecule has 5 heteroatoms. The van der Waals surface area contributed by atoms with E-state index in [0.717, 1.165) is 4.47 Å². The van der Waals surface area contributed by atoms with Gasteiger partial charge in [0.05, 0.1) is 5.60 Å². The summed E-state index contributed by atoms with van der Waals surface area (Å²) in [5.74, 6) is 0.413. The zero-order valence-electron chi connectivity index (χ0n) is 10.8. The van der Waals surface area contributed by atoms with Gasteiger partial charge < -0.3 is 10.4 Å². The lowest BCUT2D eigenvalue weighted by Gasteiger charge is -2.25. The molecule has 0 saturated carbocycles. The number of hydrogen-bond acceptors (Lipinski definition) is 3. The molecule has 18 heavy (non-hydrogen) atoms. The third-order valence-corrected chi connectivity index (χ3v) is 4.07. The van der Waals surface area contributed by atoms with E-state index in [0.29, 0.717) is 17.9 Å². The fourth-order valence-electron chi connectivity index (χ4n) is 1.69. The molecule has 0 bridgehead atoms. The molecule has 2 unspecified atom stereocenters. The van der Waals surface area contributed by atoms with Gasteiger partial charge in [-0.05, 0) is 38.3 Å². The number of hydrogen-bond donors (Lipinski definition) is 2. The third kappa shape index (κ3) is 4.88. The van der Waals surface area contributed by atoms with Crippen LogP contribution in [0.3, 0.4) is 0 Å². The first-order valence-electron chi connectivity index (χ1n) is 5.75. The molecule has 0 aliphatic carbocycles. The molecule has 0 aliphatic rings. The van der Waals surface area contributed by atoms with Crippen molar-refractivity contribution >= 4 is 27.7 Å². The van der Waals surface area contributed by atoms with Crippen LogP contribution < -0.4 is 5.32 Å². The molecule has 0 spiro atoms. The fourth-order valence-corrected chi connectivity index (χ4v) is 2.79. The zero-order valence-corrected chi connectivity index (χ0v) is 13.2. The van der Waals surface area contributed by atoms with Gasteiger partial charge >= 0.3 is 0 Å². The number of thioether (sulfide) groups is 1. The number of benzene rings is 1. The van der Waals surface area contributed by atoms with Gasteiger partial charge in [0.25, 0.3) is 0 Å². The predicted octanol–water partition coefficient (Wildman–Crippen LogP) is 3.35. The highest BCUT2D eigenvalue weighted by molar-refractivity contribution is 9.10. The molecule has 0 aliphatic heterocycles. The zero-order chi connectivity index (χ0) is 13.8. The van der Waals surface area contributed by atoms with Crippen molar-refractivity contribution in [2.75, 3.05) is 18.6 Å². The molecule has 2 atom stereocenters. The Labute approximate surface area is 120 Å². The third-order valence-electron chi connectivity index (χ3n) is 2.67. The Balaban J connectivity index is 2.65. The SMILES string of the molecule is CSCC(C)(O)CNC(C)c1cc(Br)ccc1F. The van der Waals surface area contributed by atoms with E-state index in [1.165, 1.54) is 6.07 Å². The van der Waals surface area contributed by atoms with E-state index in [4.69, 9.17) is 0 Å². The first kappa shape index (κ1) is 16.0. The highest BCUT2D eigenvalue weighted by Crippen LogP contribution is 2.22. The van der Waals surface area contributed by atoms with E-state index in [-0.39, 0.29) is 11.9 Å². The van der Waals surface area contributed by atoms with E-state index in [1.807, 2.05) is 13.2 Å². The van der Waals surface area contributed by atoms with Crippen molar-refractivity contribution in [3.63, 3.8) is 0 Å². The van der Waals surface area contributed by atoms with Crippen molar-refractivity contribution in [2.45, 2.75) is 25.5 Å². The topological polar surface area (TPSA) is 32.3 Å². The second-order valence-electron chi connectivity index (χ2n) is 4.70. The average Bonchev–Trinajstić information content (AvgIpc) is 2.29. The van der Waals surface area contributed by atoms with Gasteiger partial charge in [0.1, 0.15) is 5.82 Å². The highest BCUT2D eigenvalue weighted by atomic mass is 79.9. The van der Waals surface area contributed by atoms with E-state index in [1.54, 1.807) is 30.8 Å². The monoisotopic (exact) mass is 335 g/mol. The Hall–Kier alpha value is -0.100. The van der Waals surface area contributed by atoms with Crippen molar-refractivity contribution in [3.05, 3.63) is 34.1 Å². The van der Waals surface area contributed by atoms with Crippen molar-refractivity contribution in [1.29, 1.82) is 0 Å². The molecule has 0 fully saturated rings. The highest BCUT2D eigenvalue weighted by Gasteiger charge is 2.21. The summed E-state index contributed by atoms with van der Waals surface area (Å²) in [4.78, 5) is 0. The van der Waals surface area contributed by atoms with Gasteiger partial charge in [-0.3, -0.25) is 0 Å². The van der Waals surface area contributed by atoms with Crippen molar-refractivity contribution in [3.8, 4) is 0 Å². The first-order valence-corrected chi connectivity index (χ1v) is 7.94. The number of halogens is 2. The molecule has 0 amide bonds. The van der Waals surface area contributed by atoms with Crippen LogP contribution >= 0.6 is 27.7 Å². The van der Waals surface area contributed by atoms with E-state index < -0.39 is 5.60 Å². The Morgan fingerprint density at radius 2 is 2.22 bits per heavy atom. The number of aliphatic hydroxyl groups is 1. The molecule has 1 rings (SSSR count). The number of nitrogens with one attached hydrogen (secondary N) is 1. The first-order chi connectivity index (χ1) is 8.35. The van der Waals surface area contributed by atoms with Crippen molar-refractivity contribution < 1.29 is 9.50 Å². The maximum Gasteiger partial charge on any atom is 0.128 e. The molecule has 0 saturated heterocycles. The van der Waals surface area contributed by atoms with Gasteiger partial charge in [0.15, 0.2) is 0 Å². The van der Waals surface area contributed by atoms with Crippen LogP contribution in [0.25, 0.3) is 0 Å². The van der Waals surface area contributed by atoms with Crippen LogP contribution in [0.1, 0.15) is 25.5 Å². The van der Waals surface area contributed by atoms with Crippen LogP contribution in [0.4, 0.5) is 4.39 Å². The molecule has 0 radical (unpaired) electrons. The Kier molecular flexibility index (Phi) is 6.11. The Morgan fingerprint density at radius 1 is 1.56 bits per heavy atom. The summed E-state index contributed by atoms with van der Waals surface area (Å²) in [6.45, 7) is 4.10. The standard InChI is InChI=1S/C13H19BrFNOS/c1-9(16-7-13(2,17)8-18-3)11-6-10(14)4-5-12(11)15/h4-6,9,16-17H,7-8H2,1-3H3. The van der Waals surface area contributed by atoms with Crippen LogP contribution in [-0.4, -0.2) is 29.3 Å². The van der Waals surface area contributed by atoms with Gasteiger partial charge in [-0.25, -0.2) is 4.39 Å². The van der Waals surface area contributed by atoms with Crippen LogP contribution in [0.15, 0.2) is 22.7 Å². The summed E-state index contributed by atoms with van der Waals surface area (Å²) in [7, 11) is 0. The van der Waals surface area contributed by atoms with Gasteiger partial charge in [-0.1, -0.05) is 15.9 Å². The minimum atomic E-state index is -0.782. The second kappa shape index (κ2) is 6.89. The van der Waals surface area contributed by atoms with Gasteiger partial charge in [-0.2, -0.15) is 11.8 Å². The van der Waals surface area contributed by atoms with Crippen molar-refractivity contribution in [2.24, 2.45) is 0 Å². The van der Waals surface area contributed by atoms with E-state index in [2.05, 4.69) is 21.2 Å². The lowest BCUT2D eigenvalue weighted by Crippen LogP contribution is -2.41. The number of rotatable bonds is 6. The second-order valence-corrected chi connectivity index (χ2v) is 6.48.